The van der Waals surface area contributed by atoms with Crippen molar-refractivity contribution in [2.45, 2.75) is 69.6 Å². The fourth-order valence-corrected chi connectivity index (χ4v) is 6.37. The summed E-state index contributed by atoms with van der Waals surface area (Å²) in [6.45, 7) is 4.77. The molecule has 6 rings (SSSR count). The predicted octanol–water partition coefficient (Wildman–Crippen LogP) is 3.09. The lowest BCUT2D eigenvalue weighted by atomic mass is 9.71. The van der Waals surface area contributed by atoms with Gasteiger partial charge < -0.3 is 9.88 Å². The van der Waals surface area contributed by atoms with E-state index in [1.807, 2.05) is 5.51 Å². The van der Waals surface area contributed by atoms with E-state index in [-0.39, 0.29) is 17.4 Å². The molecule has 32 heavy (non-hydrogen) atoms. The van der Waals surface area contributed by atoms with Crippen LogP contribution >= 0.6 is 11.3 Å². The molecule has 3 aliphatic rings. The minimum atomic E-state index is -0.0821. The third-order valence-corrected chi connectivity index (χ3v) is 8.48. The van der Waals surface area contributed by atoms with E-state index in [9.17, 15) is 4.79 Å². The van der Waals surface area contributed by atoms with Gasteiger partial charge in [-0.25, -0.2) is 4.98 Å². The number of fused-ring (bicyclic) bond motifs is 2. The highest BCUT2D eigenvalue weighted by molar-refractivity contribution is 7.09. The number of thiazole rings is 1. The van der Waals surface area contributed by atoms with Gasteiger partial charge in [0, 0.05) is 41.9 Å². The van der Waals surface area contributed by atoms with Crippen molar-refractivity contribution in [3.8, 4) is 0 Å². The molecule has 4 heterocycles. The number of amides is 1. The van der Waals surface area contributed by atoms with Crippen molar-refractivity contribution in [3.63, 3.8) is 0 Å². The van der Waals surface area contributed by atoms with Crippen LogP contribution in [0.5, 0.6) is 0 Å². The van der Waals surface area contributed by atoms with Crippen molar-refractivity contribution in [2.75, 3.05) is 6.54 Å². The summed E-state index contributed by atoms with van der Waals surface area (Å²) in [4.78, 5) is 21.3. The van der Waals surface area contributed by atoms with Crippen LogP contribution in [0.1, 0.15) is 58.3 Å². The highest BCUT2D eigenvalue weighted by Gasteiger charge is 2.50. The Morgan fingerprint density at radius 2 is 2.06 bits per heavy atom. The number of carbonyl (C=O) groups excluding carboxylic acids is 1. The van der Waals surface area contributed by atoms with Gasteiger partial charge in [0.2, 0.25) is 5.82 Å². The summed E-state index contributed by atoms with van der Waals surface area (Å²) >= 11 is 1.74. The first-order valence-corrected chi connectivity index (χ1v) is 12.4. The average molecular weight is 449 g/mol. The first-order chi connectivity index (χ1) is 15.6. The van der Waals surface area contributed by atoms with Gasteiger partial charge in [0.15, 0.2) is 0 Å². The Hall–Kier alpha value is -2.58. The second kappa shape index (κ2) is 7.78. The summed E-state index contributed by atoms with van der Waals surface area (Å²) in [5.74, 6) is 1.32. The molecule has 0 spiro atoms. The van der Waals surface area contributed by atoms with Crippen molar-refractivity contribution in [1.29, 1.82) is 0 Å². The number of hydrogen-bond donors (Lipinski definition) is 1. The molecule has 1 N–H and O–H groups in total. The highest BCUT2D eigenvalue weighted by Crippen LogP contribution is 2.46. The molecular weight excluding hydrogens is 420 g/mol. The Bertz CT molecular complexity index is 1140. The Labute approximate surface area is 191 Å². The van der Waals surface area contributed by atoms with E-state index in [4.69, 9.17) is 0 Å². The summed E-state index contributed by atoms with van der Waals surface area (Å²) in [5, 5.41) is 11.9. The van der Waals surface area contributed by atoms with Gasteiger partial charge in [0.1, 0.15) is 5.82 Å². The maximum absolute atomic E-state index is 12.9. The number of nitrogens with one attached hydrogen (secondary N) is 1. The lowest BCUT2D eigenvalue weighted by Gasteiger charge is -2.37. The van der Waals surface area contributed by atoms with E-state index in [2.05, 4.69) is 67.2 Å². The van der Waals surface area contributed by atoms with Crippen LogP contribution in [0.25, 0.3) is 0 Å². The molecule has 2 aromatic heterocycles. The summed E-state index contributed by atoms with van der Waals surface area (Å²) < 4.78 is 2.10. The van der Waals surface area contributed by atoms with E-state index >= 15 is 0 Å². The molecule has 1 saturated carbocycles. The number of aromatic nitrogens is 4. The standard InChI is InChI=1S/C24H28N6OS/c1-16-19(32-15-25-16)13-29-12-11-24(17-5-3-2-4-6-17)10-9-21-27-28-22(30(21)14-20(24)29)23(31)26-18-7-8-18/h2-6,15,18,20H,7-14H2,1H3,(H,26,31)/t20-,24+/m1/s1. The molecule has 0 radical (unpaired) electrons. The number of carbonyl (C=O) groups is 1. The lowest BCUT2D eigenvalue weighted by Crippen LogP contribution is -2.45. The summed E-state index contributed by atoms with van der Waals surface area (Å²) in [7, 11) is 0. The molecule has 0 unspecified atom stereocenters. The van der Waals surface area contributed by atoms with Crippen LogP contribution in [0.15, 0.2) is 35.8 Å². The predicted molar refractivity (Wildman–Crippen MR) is 123 cm³/mol. The first-order valence-electron chi connectivity index (χ1n) is 11.6. The molecule has 1 saturated heterocycles. The van der Waals surface area contributed by atoms with Gasteiger partial charge in [-0.3, -0.25) is 9.69 Å². The van der Waals surface area contributed by atoms with Gasteiger partial charge in [-0.1, -0.05) is 30.3 Å². The zero-order valence-corrected chi connectivity index (χ0v) is 19.1. The molecule has 7 nitrogen and oxygen atoms in total. The monoisotopic (exact) mass is 448 g/mol. The summed E-state index contributed by atoms with van der Waals surface area (Å²) in [6.07, 6.45) is 5.09. The average Bonchev–Trinajstić information content (AvgIpc) is 3.29. The SMILES string of the molecule is Cc1ncsc1CN1CC[C@]2(c3ccccc3)CCc3nnc(C(=O)NC4CC4)n3C[C@@H]12. The van der Waals surface area contributed by atoms with E-state index in [1.54, 1.807) is 11.3 Å². The minimum absolute atomic E-state index is 0.0464. The maximum atomic E-state index is 12.9. The number of likely N-dealkylation sites (tertiary alicyclic amines) is 1. The van der Waals surface area contributed by atoms with Gasteiger partial charge in [-0.05, 0) is 44.7 Å². The summed E-state index contributed by atoms with van der Waals surface area (Å²) in [6, 6.07) is 11.5. The minimum Gasteiger partial charge on any atom is -0.347 e. The fourth-order valence-electron chi connectivity index (χ4n) is 5.57. The van der Waals surface area contributed by atoms with Crippen molar-refractivity contribution < 1.29 is 4.79 Å². The Morgan fingerprint density at radius 1 is 1.22 bits per heavy atom. The van der Waals surface area contributed by atoms with Crippen molar-refractivity contribution in [3.05, 3.63) is 63.6 Å². The normalized spacial score (nSPS) is 25.2. The smallest absolute Gasteiger partial charge is 0.289 e. The lowest BCUT2D eigenvalue weighted by molar-refractivity contribution is 0.0931. The second-order valence-electron chi connectivity index (χ2n) is 9.42. The molecule has 2 atom stereocenters. The number of benzene rings is 1. The number of hydrogen-bond acceptors (Lipinski definition) is 6. The molecule has 1 aliphatic carbocycles. The van der Waals surface area contributed by atoms with Gasteiger partial charge >= 0.3 is 0 Å². The Kier molecular flexibility index (Phi) is 4.87. The van der Waals surface area contributed by atoms with Crippen LogP contribution in [-0.4, -0.2) is 49.2 Å². The third-order valence-electron chi connectivity index (χ3n) is 7.56. The molecule has 2 fully saturated rings. The van der Waals surface area contributed by atoms with E-state index in [0.29, 0.717) is 11.9 Å². The number of nitrogens with zero attached hydrogens (tertiary/aromatic N) is 5. The van der Waals surface area contributed by atoms with Gasteiger partial charge in [0.25, 0.3) is 5.91 Å². The van der Waals surface area contributed by atoms with Crippen molar-refractivity contribution >= 4 is 17.2 Å². The maximum Gasteiger partial charge on any atom is 0.289 e. The zero-order chi connectivity index (χ0) is 21.7. The first kappa shape index (κ1) is 20.1. The van der Waals surface area contributed by atoms with Crippen LogP contribution in [0.3, 0.4) is 0 Å². The van der Waals surface area contributed by atoms with Gasteiger partial charge in [-0.2, -0.15) is 0 Å². The molecule has 2 aliphatic heterocycles. The van der Waals surface area contributed by atoms with Crippen LogP contribution < -0.4 is 5.32 Å². The topological polar surface area (TPSA) is 75.9 Å². The Morgan fingerprint density at radius 3 is 2.81 bits per heavy atom. The van der Waals surface area contributed by atoms with Gasteiger partial charge in [0.05, 0.1) is 11.2 Å². The van der Waals surface area contributed by atoms with Gasteiger partial charge in [-0.15, -0.1) is 21.5 Å². The molecule has 1 aromatic carbocycles. The quantitative estimate of drug-likeness (QED) is 0.649. The van der Waals surface area contributed by atoms with Crippen molar-refractivity contribution in [2.24, 2.45) is 0 Å². The van der Waals surface area contributed by atoms with Crippen LogP contribution in [0.2, 0.25) is 0 Å². The fraction of sp³-hybridized carbons (Fsp3) is 0.500. The van der Waals surface area contributed by atoms with Crippen LogP contribution in [0.4, 0.5) is 0 Å². The highest BCUT2D eigenvalue weighted by atomic mass is 32.1. The zero-order valence-electron chi connectivity index (χ0n) is 18.3. The summed E-state index contributed by atoms with van der Waals surface area (Å²) in [5.41, 5.74) is 4.51. The largest absolute Gasteiger partial charge is 0.347 e. The molecule has 166 valence electrons. The molecule has 3 aromatic rings. The molecule has 8 heteroatoms. The molecule has 0 bridgehead atoms. The second-order valence-corrected chi connectivity index (χ2v) is 10.4. The number of rotatable bonds is 5. The molecular formula is C24H28N6OS. The number of aryl methyl sites for hydroxylation is 2. The van der Waals surface area contributed by atoms with E-state index in [1.165, 1.54) is 10.4 Å². The van der Waals surface area contributed by atoms with Crippen LogP contribution in [-0.2, 0) is 24.9 Å². The van der Waals surface area contributed by atoms with E-state index < -0.39 is 0 Å². The van der Waals surface area contributed by atoms with Crippen LogP contribution in [0, 0.1) is 6.92 Å². The molecule has 1 amide bonds. The van der Waals surface area contributed by atoms with E-state index in [0.717, 1.165) is 63.3 Å². The van der Waals surface area contributed by atoms with Crippen molar-refractivity contribution in [1.82, 2.24) is 30.0 Å². The Balaban J connectivity index is 1.38. The third kappa shape index (κ3) is 3.36.